The molecule has 0 fully saturated rings. The maximum Gasteiger partial charge on any atom is 0.127 e. The molecule has 0 spiro atoms. The minimum Gasteiger partial charge on any atom is -0.497 e. The van der Waals surface area contributed by atoms with E-state index in [0.717, 1.165) is 34.4 Å². The maximum absolute atomic E-state index is 5.94. The van der Waals surface area contributed by atoms with Crippen molar-refractivity contribution in [2.75, 3.05) is 20.8 Å². The molecule has 3 nitrogen and oxygen atoms in total. The molecule has 0 saturated heterocycles. The van der Waals surface area contributed by atoms with E-state index in [1.165, 1.54) is 4.88 Å². The Labute approximate surface area is 134 Å². The Balaban J connectivity index is 1.94. The molecule has 1 unspecified atom stereocenters. The first-order chi connectivity index (χ1) is 10.1. The van der Waals surface area contributed by atoms with E-state index in [1.807, 2.05) is 24.3 Å². The van der Waals surface area contributed by atoms with E-state index in [0.29, 0.717) is 0 Å². The molecule has 114 valence electrons. The predicted octanol–water partition coefficient (Wildman–Crippen LogP) is 4.31. The van der Waals surface area contributed by atoms with E-state index in [9.17, 15) is 0 Å². The zero-order valence-corrected chi connectivity index (χ0v) is 14.1. The van der Waals surface area contributed by atoms with Crippen LogP contribution >= 0.6 is 22.9 Å². The van der Waals surface area contributed by atoms with E-state index in [1.54, 1.807) is 25.6 Å². The lowest BCUT2D eigenvalue weighted by molar-refractivity contribution is 0.386. The van der Waals surface area contributed by atoms with Crippen molar-refractivity contribution < 1.29 is 9.47 Å². The van der Waals surface area contributed by atoms with Crippen LogP contribution in [0.2, 0.25) is 4.34 Å². The quantitative estimate of drug-likeness (QED) is 0.822. The Morgan fingerprint density at radius 2 is 2.00 bits per heavy atom. The Kier molecular flexibility index (Phi) is 5.91. The Bertz CT molecular complexity index is 585. The zero-order valence-electron chi connectivity index (χ0n) is 12.5. The summed E-state index contributed by atoms with van der Waals surface area (Å²) in [5.74, 6) is 1.64. The van der Waals surface area contributed by atoms with Gasteiger partial charge in [0, 0.05) is 29.1 Å². The molecule has 0 aliphatic heterocycles. The molecule has 1 N–H and O–H groups in total. The summed E-state index contributed by atoms with van der Waals surface area (Å²) in [5.41, 5.74) is 1.13. The molecule has 0 radical (unpaired) electrons. The summed E-state index contributed by atoms with van der Waals surface area (Å²) in [7, 11) is 3.33. The number of halogens is 1. The van der Waals surface area contributed by atoms with Crippen molar-refractivity contribution in [2.45, 2.75) is 19.4 Å². The van der Waals surface area contributed by atoms with Crippen molar-refractivity contribution in [3.63, 3.8) is 0 Å². The summed E-state index contributed by atoms with van der Waals surface area (Å²) in [5, 5.41) is 3.51. The van der Waals surface area contributed by atoms with Gasteiger partial charge in [-0.25, -0.2) is 0 Å². The van der Waals surface area contributed by atoms with E-state index in [4.69, 9.17) is 21.1 Å². The number of nitrogens with one attached hydrogen (secondary N) is 1. The van der Waals surface area contributed by atoms with Gasteiger partial charge in [0.1, 0.15) is 11.5 Å². The summed E-state index contributed by atoms with van der Waals surface area (Å²) in [6, 6.07) is 10.1. The number of thiophene rings is 1. The predicted molar refractivity (Wildman–Crippen MR) is 89.0 cm³/mol. The van der Waals surface area contributed by atoms with Gasteiger partial charge < -0.3 is 14.8 Å². The molecule has 0 aliphatic rings. The van der Waals surface area contributed by atoms with Crippen LogP contribution in [-0.4, -0.2) is 20.8 Å². The molecule has 0 aliphatic carbocycles. The number of hydrogen-bond donors (Lipinski definition) is 1. The van der Waals surface area contributed by atoms with Gasteiger partial charge >= 0.3 is 0 Å². The van der Waals surface area contributed by atoms with Crippen LogP contribution in [0.25, 0.3) is 0 Å². The van der Waals surface area contributed by atoms with Crippen LogP contribution in [0.15, 0.2) is 30.3 Å². The summed E-state index contributed by atoms with van der Waals surface area (Å²) < 4.78 is 11.5. The highest BCUT2D eigenvalue weighted by Gasteiger charge is 2.12. The fourth-order valence-corrected chi connectivity index (χ4v) is 3.27. The van der Waals surface area contributed by atoms with Crippen LogP contribution in [-0.2, 0) is 6.42 Å². The average molecular weight is 326 g/mol. The normalized spacial score (nSPS) is 12.2. The summed E-state index contributed by atoms with van der Waals surface area (Å²) >= 11 is 7.57. The van der Waals surface area contributed by atoms with Gasteiger partial charge in [-0.15, -0.1) is 11.3 Å². The first-order valence-corrected chi connectivity index (χ1v) is 8.03. The average Bonchev–Trinajstić information content (AvgIpc) is 2.91. The molecule has 1 aromatic carbocycles. The van der Waals surface area contributed by atoms with E-state index >= 15 is 0 Å². The molecular formula is C16H20ClNO2S. The number of methoxy groups -OCH3 is 2. The maximum atomic E-state index is 5.94. The van der Waals surface area contributed by atoms with E-state index in [2.05, 4.69) is 18.3 Å². The summed E-state index contributed by atoms with van der Waals surface area (Å²) in [4.78, 5) is 1.29. The van der Waals surface area contributed by atoms with Crippen molar-refractivity contribution in [1.82, 2.24) is 5.32 Å². The van der Waals surface area contributed by atoms with Crippen LogP contribution in [0.1, 0.15) is 23.4 Å². The number of rotatable bonds is 7. The first-order valence-electron chi connectivity index (χ1n) is 6.83. The van der Waals surface area contributed by atoms with Gasteiger partial charge in [-0.05, 0) is 31.5 Å². The van der Waals surface area contributed by atoms with Crippen molar-refractivity contribution in [2.24, 2.45) is 0 Å². The van der Waals surface area contributed by atoms with Crippen LogP contribution in [0.5, 0.6) is 11.5 Å². The Morgan fingerprint density at radius 1 is 1.19 bits per heavy atom. The highest BCUT2D eigenvalue weighted by molar-refractivity contribution is 7.16. The molecule has 1 atom stereocenters. The first kappa shape index (κ1) is 16.1. The summed E-state index contributed by atoms with van der Waals surface area (Å²) in [6.45, 7) is 3.03. The third-order valence-corrected chi connectivity index (χ3v) is 4.65. The van der Waals surface area contributed by atoms with Crippen molar-refractivity contribution in [1.29, 1.82) is 0 Å². The molecule has 0 saturated carbocycles. The molecule has 0 bridgehead atoms. The van der Waals surface area contributed by atoms with Crippen molar-refractivity contribution in [3.8, 4) is 11.5 Å². The lowest BCUT2D eigenvalue weighted by Crippen LogP contribution is -2.21. The molecule has 2 rings (SSSR count). The molecule has 0 amide bonds. The Morgan fingerprint density at radius 3 is 2.62 bits per heavy atom. The third-order valence-electron chi connectivity index (χ3n) is 3.36. The Hall–Kier alpha value is -1.23. The van der Waals surface area contributed by atoms with Gasteiger partial charge in [0.25, 0.3) is 0 Å². The lowest BCUT2D eigenvalue weighted by Gasteiger charge is -2.18. The van der Waals surface area contributed by atoms with E-state index < -0.39 is 0 Å². The monoisotopic (exact) mass is 325 g/mol. The summed E-state index contributed by atoms with van der Waals surface area (Å²) in [6.07, 6.45) is 0.972. The zero-order chi connectivity index (χ0) is 15.2. The lowest BCUT2D eigenvalue weighted by atomic mass is 10.1. The molecule has 5 heteroatoms. The van der Waals surface area contributed by atoms with Crippen LogP contribution in [0, 0.1) is 0 Å². The third kappa shape index (κ3) is 4.37. The van der Waals surface area contributed by atoms with Crippen molar-refractivity contribution >= 4 is 22.9 Å². The van der Waals surface area contributed by atoms with E-state index in [-0.39, 0.29) is 6.04 Å². The molecule has 2 aromatic rings. The van der Waals surface area contributed by atoms with Gasteiger partial charge in [0.15, 0.2) is 0 Å². The van der Waals surface area contributed by atoms with Crippen LogP contribution in [0.4, 0.5) is 0 Å². The number of benzene rings is 1. The van der Waals surface area contributed by atoms with Gasteiger partial charge in [0.05, 0.1) is 18.6 Å². The second-order valence-electron chi connectivity index (χ2n) is 4.74. The largest absolute Gasteiger partial charge is 0.497 e. The fraction of sp³-hybridized carbons (Fsp3) is 0.375. The number of ether oxygens (including phenoxy) is 2. The van der Waals surface area contributed by atoms with Crippen LogP contribution in [0.3, 0.4) is 0 Å². The second kappa shape index (κ2) is 7.69. The minimum absolute atomic E-state index is 0.210. The fourth-order valence-electron chi connectivity index (χ4n) is 2.18. The van der Waals surface area contributed by atoms with Gasteiger partial charge in [0.2, 0.25) is 0 Å². The standard InChI is InChI=1S/C16H20ClNO2S/c1-11(18-9-8-13-5-7-16(17)21-13)14-6-4-12(19-2)10-15(14)20-3/h4-7,10-11,18H,8-9H2,1-3H3. The SMILES string of the molecule is COc1ccc(C(C)NCCc2ccc(Cl)s2)c(OC)c1. The van der Waals surface area contributed by atoms with Crippen molar-refractivity contribution in [3.05, 3.63) is 45.1 Å². The van der Waals surface area contributed by atoms with Crippen LogP contribution < -0.4 is 14.8 Å². The number of hydrogen-bond acceptors (Lipinski definition) is 4. The smallest absolute Gasteiger partial charge is 0.127 e. The van der Waals surface area contributed by atoms with Gasteiger partial charge in [-0.2, -0.15) is 0 Å². The highest BCUT2D eigenvalue weighted by atomic mass is 35.5. The molecular weight excluding hydrogens is 306 g/mol. The minimum atomic E-state index is 0.210. The highest BCUT2D eigenvalue weighted by Crippen LogP contribution is 2.29. The second-order valence-corrected chi connectivity index (χ2v) is 6.54. The molecule has 1 heterocycles. The van der Waals surface area contributed by atoms with Gasteiger partial charge in [-0.1, -0.05) is 17.7 Å². The van der Waals surface area contributed by atoms with Gasteiger partial charge in [-0.3, -0.25) is 0 Å². The molecule has 1 aromatic heterocycles. The molecule has 21 heavy (non-hydrogen) atoms. The topological polar surface area (TPSA) is 30.5 Å².